The molecule has 2 aliphatic heterocycles. The summed E-state index contributed by atoms with van der Waals surface area (Å²) in [5, 5.41) is 6.25. The molecule has 2 aliphatic rings. The number of hydrogen-bond donors (Lipinski definition) is 6. The largest absolute Gasteiger partial charge is 0.469 e. The first kappa shape index (κ1) is 46.2. The van der Waals surface area contributed by atoms with E-state index in [9.17, 15) is 19.2 Å². The Morgan fingerprint density at radius 1 is 0.733 bits per heavy atom. The van der Waals surface area contributed by atoms with E-state index in [0.717, 1.165) is 91.5 Å². The van der Waals surface area contributed by atoms with Crippen molar-refractivity contribution in [3.63, 3.8) is 0 Å². The Hall–Kier alpha value is -4.88. The summed E-state index contributed by atoms with van der Waals surface area (Å²) in [7, 11) is 1.35. The molecule has 5 heterocycles. The molecule has 8 N–H and O–H groups in total. The quantitative estimate of drug-likeness (QED) is 0.0374. The van der Waals surface area contributed by atoms with Crippen LogP contribution in [0.5, 0.6) is 0 Å². The highest BCUT2D eigenvalue weighted by Gasteiger charge is 2.34. The minimum absolute atomic E-state index is 0.0515. The number of aryl methyl sites for hydroxylation is 2. The number of aromatic nitrogens is 4. The summed E-state index contributed by atoms with van der Waals surface area (Å²) in [6.45, 7) is 14.2. The van der Waals surface area contributed by atoms with E-state index in [1.807, 2.05) is 32.0 Å². The molecule has 0 aromatic carbocycles. The summed E-state index contributed by atoms with van der Waals surface area (Å²) >= 11 is 0. The van der Waals surface area contributed by atoms with Gasteiger partial charge in [-0.25, -0.2) is 0 Å². The van der Waals surface area contributed by atoms with Gasteiger partial charge in [0, 0.05) is 82.4 Å². The standard InChI is InChI=1S/C47H68N8O5/c1-8-32-27(2)35-26-40-43(31(6)56)29(4)37(53-40)24-36-28(3)33(17-18-41(57)50-21-15-11-9-13-19-48)45(54-36)34(23-42(58)60-7)46-44(30(5)38(55-46)25-39(32)52-35)47(59)51-22-16-12-10-14-20-49/h24-28,32-33,53,55H,8-23,48-49H2,1-7H3,(H,50,57)(H,51,59)/t27-,28+,32-,33+/m1/s1. The van der Waals surface area contributed by atoms with Crippen LogP contribution in [0.25, 0.3) is 22.1 Å². The number of hydrogen-bond acceptors (Lipinski definition) is 9. The van der Waals surface area contributed by atoms with Crippen molar-refractivity contribution in [2.75, 3.05) is 33.3 Å². The van der Waals surface area contributed by atoms with Gasteiger partial charge in [-0.05, 0) is 102 Å². The van der Waals surface area contributed by atoms with Crippen molar-refractivity contribution in [2.45, 2.75) is 142 Å². The van der Waals surface area contributed by atoms with Crippen LogP contribution in [0.1, 0.15) is 182 Å². The van der Waals surface area contributed by atoms with Gasteiger partial charge in [0.15, 0.2) is 5.78 Å². The number of nitrogens with two attached hydrogens (primary N) is 2. The van der Waals surface area contributed by atoms with Crippen LogP contribution >= 0.6 is 0 Å². The number of H-pyrrole nitrogens is 2. The van der Waals surface area contributed by atoms with Crippen LogP contribution in [0, 0.1) is 13.8 Å². The van der Waals surface area contributed by atoms with Gasteiger partial charge in [-0.3, -0.25) is 29.1 Å². The van der Waals surface area contributed by atoms with Gasteiger partial charge in [0.25, 0.3) is 5.91 Å². The molecule has 0 radical (unpaired) electrons. The molecule has 5 rings (SSSR count). The Bertz CT molecular complexity index is 2190. The fourth-order valence-electron chi connectivity index (χ4n) is 8.99. The van der Waals surface area contributed by atoms with Crippen LogP contribution < -0.4 is 22.1 Å². The number of fused-ring (bicyclic) bond motifs is 8. The first-order valence-electron chi connectivity index (χ1n) is 22.1. The third-order valence-electron chi connectivity index (χ3n) is 12.6. The van der Waals surface area contributed by atoms with Crippen LogP contribution in [0.3, 0.4) is 0 Å². The molecule has 3 aromatic rings. The minimum Gasteiger partial charge on any atom is -0.469 e. The molecule has 0 aliphatic carbocycles. The van der Waals surface area contributed by atoms with Gasteiger partial charge in [0.05, 0.1) is 35.8 Å². The predicted octanol–water partition coefficient (Wildman–Crippen LogP) is 7.70. The van der Waals surface area contributed by atoms with Crippen molar-refractivity contribution >= 4 is 45.6 Å². The summed E-state index contributed by atoms with van der Waals surface area (Å²) in [4.78, 5) is 72.0. The lowest BCUT2D eigenvalue weighted by Crippen LogP contribution is -2.25. The monoisotopic (exact) mass is 825 g/mol. The van der Waals surface area contributed by atoms with Crippen molar-refractivity contribution in [1.29, 1.82) is 0 Å². The van der Waals surface area contributed by atoms with E-state index in [1.54, 1.807) is 6.92 Å². The highest BCUT2D eigenvalue weighted by molar-refractivity contribution is 6.06. The fraction of sp³-hybridized carbons (Fsp3) is 0.574. The van der Waals surface area contributed by atoms with E-state index in [1.165, 1.54) is 7.11 Å². The number of nitrogens with zero attached hydrogens (tertiary/aromatic N) is 2. The maximum atomic E-state index is 14.4. The normalized spacial score (nSPS) is 17.4. The second-order valence-corrected chi connectivity index (χ2v) is 16.7. The zero-order valence-electron chi connectivity index (χ0n) is 36.9. The number of methoxy groups -OCH3 is 1. The number of Topliss-reactive ketones (excluding diaryl/α,β-unsaturated/α-hetero) is 1. The highest BCUT2D eigenvalue weighted by Crippen LogP contribution is 2.43. The van der Waals surface area contributed by atoms with E-state index < -0.39 is 5.97 Å². The number of esters is 1. The molecule has 0 fully saturated rings. The maximum Gasteiger partial charge on any atom is 0.310 e. The fourth-order valence-corrected chi connectivity index (χ4v) is 8.99. The molecule has 2 amide bonds. The van der Waals surface area contributed by atoms with E-state index in [2.05, 4.69) is 41.4 Å². The van der Waals surface area contributed by atoms with E-state index in [0.29, 0.717) is 71.5 Å². The van der Waals surface area contributed by atoms with Crippen molar-refractivity contribution in [3.05, 3.63) is 68.8 Å². The first-order valence-corrected chi connectivity index (χ1v) is 22.1. The number of carbonyl (C=O) groups is 4. The van der Waals surface area contributed by atoms with Crippen molar-refractivity contribution in [3.8, 4) is 0 Å². The average molecular weight is 825 g/mol. The Kier molecular flexibility index (Phi) is 16.6. The van der Waals surface area contributed by atoms with Crippen LogP contribution in [-0.4, -0.2) is 76.8 Å². The van der Waals surface area contributed by atoms with Crippen LogP contribution in [-0.2, 0) is 20.7 Å². The van der Waals surface area contributed by atoms with Gasteiger partial charge in [-0.2, -0.15) is 0 Å². The molecular formula is C47H68N8O5. The molecule has 13 nitrogen and oxygen atoms in total. The maximum absolute atomic E-state index is 14.4. The second kappa shape index (κ2) is 21.6. The number of amides is 2. The third-order valence-corrected chi connectivity index (χ3v) is 12.6. The van der Waals surface area contributed by atoms with Gasteiger partial charge in [-0.15, -0.1) is 0 Å². The van der Waals surface area contributed by atoms with Gasteiger partial charge < -0.3 is 36.8 Å². The summed E-state index contributed by atoms with van der Waals surface area (Å²) in [5.41, 5.74) is 20.2. The van der Waals surface area contributed by atoms with Gasteiger partial charge in [0.2, 0.25) is 5.91 Å². The first-order chi connectivity index (χ1) is 28.8. The van der Waals surface area contributed by atoms with Crippen LogP contribution in [0.15, 0.2) is 18.2 Å². The van der Waals surface area contributed by atoms with Crippen molar-refractivity contribution < 1.29 is 23.9 Å². The molecule has 326 valence electrons. The zero-order valence-corrected chi connectivity index (χ0v) is 36.9. The molecule has 0 spiro atoms. The molecule has 0 unspecified atom stereocenters. The Morgan fingerprint density at radius 2 is 1.30 bits per heavy atom. The molecule has 3 aromatic heterocycles. The van der Waals surface area contributed by atoms with Gasteiger partial charge in [0.1, 0.15) is 0 Å². The van der Waals surface area contributed by atoms with Gasteiger partial charge >= 0.3 is 5.97 Å². The SMILES string of the molecule is CC[C@H]1c2cc3[nH]c(c(CC(=O)OC)c4nc(cc5[nH]c(cc(n2)[C@@H]1C)c(C(C)=O)c5C)[C@@H](C)[C@@H]4CCC(=O)NCCCCCCN)c(C(=O)NCCCCCCN)c3C. The molecular weight excluding hydrogens is 757 g/mol. The highest BCUT2D eigenvalue weighted by atomic mass is 16.5. The van der Waals surface area contributed by atoms with Gasteiger partial charge in [-0.1, -0.05) is 46.5 Å². The molecule has 13 heteroatoms. The number of ketones is 1. The van der Waals surface area contributed by atoms with E-state index in [4.69, 9.17) is 26.2 Å². The Morgan fingerprint density at radius 3 is 1.93 bits per heavy atom. The Balaban J connectivity index is 1.78. The number of rotatable bonds is 20. The predicted molar refractivity (Wildman–Crippen MR) is 238 cm³/mol. The molecule has 60 heavy (non-hydrogen) atoms. The lowest BCUT2D eigenvalue weighted by atomic mass is 9.85. The number of unbranched alkanes of at least 4 members (excludes halogenated alkanes) is 6. The zero-order chi connectivity index (χ0) is 43.5. The third kappa shape index (κ3) is 10.7. The second-order valence-electron chi connectivity index (χ2n) is 16.7. The lowest BCUT2D eigenvalue weighted by molar-refractivity contribution is -0.139. The Labute approximate surface area is 355 Å². The lowest BCUT2D eigenvalue weighted by Gasteiger charge is -2.18. The minimum atomic E-state index is -0.479. The van der Waals surface area contributed by atoms with Crippen LogP contribution in [0.2, 0.25) is 0 Å². The smallest absolute Gasteiger partial charge is 0.310 e. The average Bonchev–Trinajstić information content (AvgIpc) is 3.91. The summed E-state index contributed by atoms with van der Waals surface area (Å²) in [6, 6.07) is 6.01. The van der Waals surface area contributed by atoms with Crippen molar-refractivity contribution in [2.24, 2.45) is 11.5 Å². The summed E-state index contributed by atoms with van der Waals surface area (Å²) in [5.74, 6) is -1.15. The number of nitrogens with one attached hydrogen (secondary N) is 4. The number of aromatic amines is 2. The molecule has 0 saturated carbocycles. The summed E-state index contributed by atoms with van der Waals surface area (Å²) in [6.07, 6.45) is 8.97. The molecule has 4 atom stereocenters. The molecule has 0 saturated heterocycles. The number of carbonyl (C=O) groups excluding carboxylic acids is 4. The van der Waals surface area contributed by atoms with Crippen molar-refractivity contribution in [1.82, 2.24) is 30.6 Å². The topological polar surface area (TPSA) is 211 Å². The number of ether oxygens (including phenoxy) is 1. The van der Waals surface area contributed by atoms with Crippen LogP contribution in [0.4, 0.5) is 0 Å². The van der Waals surface area contributed by atoms with E-state index >= 15 is 0 Å². The van der Waals surface area contributed by atoms with E-state index in [-0.39, 0.29) is 54.1 Å². The summed E-state index contributed by atoms with van der Waals surface area (Å²) < 4.78 is 5.29. The molecule has 8 bridgehead atoms.